The van der Waals surface area contributed by atoms with Crippen molar-refractivity contribution in [3.8, 4) is 0 Å². The van der Waals surface area contributed by atoms with Crippen LogP contribution in [0.5, 0.6) is 0 Å². The fourth-order valence-corrected chi connectivity index (χ4v) is 2.26. The average Bonchev–Trinajstić information content (AvgIpc) is 2.64. The van der Waals surface area contributed by atoms with Crippen molar-refractivity contribution in [3.63, 3.8) is 0 Å². The molecule has 1 aromatic rings. The summed E-state index contributed by atoms with van der Waals surface area (Å²) in [6.07, 6.45) is -3.01. The van der Waals surface area contributed by atoms with Crippen LogP contribution in [0, 0.1) is 0 Å². The molecule has 0 radical (unpaired) electrons. The minimum absolute atomic E-state index is 0.253. The lowest BCUT2D eigenvalue weighted by atomic mass is 9.77. The molecule has 1 aliphatic rings. The molecule has 1 saturated heterocycles. The van der Waals surface area contributed by atoms with E-state index in [0.29, 0.717) is 11.5 Å². The van der Waals surface area contributed by atoms with Crippen LogP contribution in [0.15, 0.2) is 24.3 Å². The Bertz CT molecular complexity index is 664. The third kappa shape index (κ3) is 3.65. The smallest absolute Gasteiger partial charge is 0.478 e. The Labute approximate surface area is 138 Å². The summed E-state index contributed by atoms with van der Waals surface area (Å²) in [6, 6.07) is 3.43. The number of aliphatic carboxylic acids is 1. The van der Waals surface area contributed by atoms with E-state index in [-0.39, 0.29) is 5.56 Å². The average molecular weight is 342 g/mol. The third-order valence-corrected chi connectivity index (χ3v) is 4.31. The lowest BCUT2D eigenvalue weighted by Crippen LogP contribution is -2.41. The van der Waals surface area contributed by atoms with Crippen LogP contribution in [0.25, 0.3) is 6.08 Å². The summed E-state index contributed by atoms with van der Waals surface area (Å²) in [7, 11) is -0.825. The lowest BCUT2D eigenvalue weighted by molar-refractivity contribution is -0.138. The van der Waals surface area contributed by atoms with E-state index in [1.807, 2.05) is 27.7 Å². The van der Waals surface area contributed by atoms with Gasteiger partial charge in [-0.05, 0) is 50.9 Å². The van der Waals surface area contributed by atoms with Gasteiger partial charge in [0.25, 0.3) is 0 Å². The second-order valence-corrected chi connectivity index (χ2v) is 6.60. The number of hydrogen-bond acceptors (Lipinski definition) is 3. The van der Waals surface area contributed by atoms with Gasteiger partial charge in [0.15, 0.2) is 0 Å². The van der Waals surface area contributed by atoms with Crippen molar-refractivity contribution in [2.75, 3.05) is 0 Å². The van der Waals surface area contributed by atoms with Gasteiger partial charge in [-0.3, -0.25) is 0 Å². The summed E-state index contributed by atoms with van der Waals surface area (Å²) in [6.45, 7) is 7.34. The topological polar surface area (TPSA) is 55.8 Å². The van der Waals surface area contributed by atoms with Gasteiger partial charge in [-0.2, -0.15) is 13.2 Å². The first kappa shape index (κ1) is 18.5. The van der Waals surface area contributed by atoms with Gasteiger partial charge in [-0.25, -0.2) is 4.79 Å². The Kier molecular flexibility index (Phi) is 4.58. The molecule has 0 bridgehead atoms. The third-order valence-electron chi connectivity index (χ3n) is 4.31. The molecule has 24 heavy (non-hydrogen) atoms. The van der Waals surface area contributed by atoms with Crippen LogP contribution in [-0.2, 0) is 20.3 Å². The van der Waals surface area contributed by atoms with Gasteiger partial charge in [0.1, 0.15) is 0 Å². The SMILES string of the molecule is CC1(C)OB(c2ccc(C(F)(F)F)c(C=CC(=O)O)c2)OC1(C)C. The number of carboxylic acids is 1. The summed E-state index contributed by atoms with van der Waals surface area (Å²) in [4.78, 5) is 10.6. The molecule has 1 aliphatic heterocycles. The van der Waals surface area contributed by atoms with Crippen LogP contribution in [0.2, 0.25) is 0 Å². The fourth-order valence-electron chi connectivity index (χ4n) is 2.26. The molecule has 1 heterocycles. The minimum Gasteiger partial charge on any atom is -0.478 e. The molecule has 4 nitrogen and oxygen atoms in total. The molecular formula is C16H18BF3O4. The summed E-state index contributed by atoms with van der Waals surface area (Å²) in [5.74, 6) is -1.33. The number of halogens is 3. The van der Waals surface area contributed by atoms with Gasteiger partial charge in [0.05, 0.1) is 16.8 Å². The Morgan fingerprint density at radius 3 is 2.17 bits per heavy atom. The highest BCUT2D eigenvalue weighted by Crippen LogP contribution is 2.37. The molecule has 1 N–H and O–H groups in total. The van der Waals surface area contributed by atoms with Gasteiger partial charge in [0.2, 0.25) is 0 Å². The zero-order valence-corrected chi connectivity index (χ0v) is 13.8. The Balaban J connectivity index is 2.44. The molecular weight excluding hydrogens is 324 g/mol. The largest absolute Gasteiger partial charge is 0.494 e. The van der Waals surface area contributed by atoms with Crippen molar-refractivity contribution in [1.29, 1.82) is 0 Å². The normalized spacial score (nSPS) is 19.9. The standard InChI is InChI=1S/C16H18BF3O4/c1-14(2)15(3,4)24-17(23-14)11-6-7-12(16(18,19)20)10(9-11)5-8-13(21)22/h5-9H,1-4H3,(H,21,22). The van der Waals surface area contributed by atoms with Crippen molar-refractivity contribution in [3.05, 3.63) is 35.4 Å². The van der Waals surface area contributed by atoms with E-state index >= 15 is 0 Å². The van der Waals surface area contributed by atoms with E-state index in [1.165, 1.54) is 12.1 Å². The molecule has 8 heteroatoms. The van der Waals surface area contributed by atoms with Crippen LogP contribution in [0.4, 0.5) is 13.2 Å². The lowest BCUT2D eigenvalue weighted by Gasteiger charge is -2.32. The van der Waals surface area contributed by atoms with Crippen LogP contribution in [-0.4, -0.2) is 29.4 Å². The highest BCUT2D eigenvalue weighted by molar-refractivity contribution is 6.62. The first-order valence-corrected chi connectivity index (χ1v) is 7.31. The molecule has 0 amide bonds. The number of benzene rings is 1. The molecule has 0 aliphatic carbocycles. The maximum Gasteiger partial charge on any atom is 0.494 e. The van der Waals surface area contributed by atoms with Crippen LogP contribution >= 0.6 is 0 Å². The number of hydrogen-bond donors (Lipinski definition) is 1. The Morgan fingerprint density at radius 2 is 1.71 bits per heavy atom. The van der Waals surface area contributed by atoms with E-state index in [2.05, 4.69) is 0 Å². The van der Waals surface area contributed by atoms with E-state index in [1.54, 1.807) is 0 Å². The van der Waals surface area contributed by atoms with Gasteiger partial charge in [-0.1, -0.05) is 12.1 Å². The van der Waals surface area contributed by atoms with Gasteiger partial charge < -0.3 is 14.4 Å². The van der Waals surface area contributed by atoms with Gasteiger partial charge in [-0.15, -0.1) is 0 Å². The minimum atomic E-state index is -4.59. The predicted octanol–water partition coefficient (Wildman–Crippen LogP) is 3.10. The van der Waals surface area contributed by atoms with E-state index in [9.17, 15) is 18.0 Å². The molecule has 0 aromatic heterocycles. The van der Waals surface area contributed by atoms with Crippen LogP contribution in [0.3, 0.4) is 0 Å². The van der Waals surface area contributed by atoms with Crippen LogP contribution < -0.4 is 5.46 Å². The van der Waals surface area contributed by atoms with E-state index < -0.39 is 36.0 Å². The van der Waals surface area contributed by atoms with Gasteiger partial charge in [0, 0.05) is 6.08 Å². The first-order valence-electron chi connectivity index (χ1n) is 7.31. The Morgan fingerprint density at radius 1 is 1.17 bits per heavy atom. The summed E-state index contributed by atoms with van der Waals surface area (Å²) >= 11 is 0. The highest BCUT2D eigenvalue weighted by Gasteiger charge is 2.51. The maximum absolute atomic E-state index is 13.1. The maximum atomic E-state index is 13.1. The first-order chi connectivity index (χ1) is 10.8. The molecule has 1 fully saturated rings. The van der Waals surface area contributed by atoms with Crippen molar-refractivity contribution < 1.29 is 32.4 Å². The molecule has 2 rings (SSSR count). The summed E-state index contributed by atoms with van der Waals surface area (Å²) < 4.78 is 50.9. The van der Waals surface area contributed by atoms with Crippen molar-refractivity contribution in [2.45, 2.75) is 45.1 Å². The fraction of sp³-hybridized carbons (Fsp3) is 0.438. The molecule has 1 aromatic carbocycles. The predicted molar refractivity (Wildman–Crippen MR) is 83.8 cm³/mol. The van der Waals surface area contributed by atoms with Crippen molar-refractivity contribution >= 4 is 24.6 Å². The van der Waals surface area contributed by atoms with Crippen molar-refractivity contribution in [2.24, 2.45) is 0 Å². The highest BCUT2D eigenvalue weighted by atomic mass is 19.4. The quantitative estimate of drug-likeness (QED) is 0.678. The molecule has 0 spiro atoms. The number of alkyl halides is 3. The molecule has 130 valence electrons. The molecule has 0 saturated carbocycles. The zero-order valence-electron chi connectivity index (χ0n) is 13.8. The zero-order chi connectivity index (χ0) is 18.3. The Hall–Kier alpha value is -1.80. The number of carbonyl (C=O) groups is 1. The van der Waals surface area contributed by atoms with Crippen LogP contribution in [0.1, 0.15) is 38.8 Å². The van der Waals surface area contributed by atoms with Crippen molar-refractivity contribution in [1.82, 2.24) is 0 Å². The summed E-state index contributed by atoms with van der Waals surface area (Å²) in [5.41, 5.74) is -2.03. The van der Waals surface area contributed by atoms with E-state index in [0.717, 1.165) is 12.1 Å². The molecule has 0 unspecified atom stereocenters. The second kappa shape index (κ2) is 5.93. The molecule has 0 atom stereocenters. The monoisotopic (exact) mass is 342 g/mol. The summed E-state index contributed by atoms with van der Waals surface area (Å²) in [5, 5.41) is 8.67. The number of rotatable bonds is 3. The van der Waals surface area contributed by atoms with E-state index in [4.69, 9.17) is 14.4 Å². The van der Waals surface area contributed by atoms with Gasteiger partial charge >= 0.3 is 19.3 Å². The number of carboxylic acid groups (broad SMARTS) is 1. The second-order valence-electron chi connectivity index (χ2n) is 6.60.